The minimum absolute atomic E-state index is 0.754. The van der Waals surface area contributed by atoms with E-state index >= 15 is 0 Å². The van der Waals surface area contributed by atoms with Gasteiger partial charge in [0, 0.05) is 37.1 Å². The van der Waals surface area contributed by atoms with Crippen LogP contribution in [-0.2, 0) is 13.0 Å². The first-order valence-corrected chi connectivity index (χ1v) is 7.13. The summed E-state index contributed by atoms with van der Waals surface area (Å²) in [5.41, 5.74) is 3.90. The number of hydrogen-bond donors (Lipinski definition) is 1. The van der Waals surface area contributed by atoms with Crippen molar-refractivity contribution >= 4 is 0 Å². The minimum Gasteiger partial charge on any atom is -0.310 e. The Labute approximate surface area is 114 Å². The van der Waals surface area contributed by atoms with Crippen LogP contribution in [0.2, 0.25) is 0 Å². The van der Waals surface area contributed by atoms with Crippen LogP contribution in [0.1, 0.15) is 36.7 Å². The summed E-state index contributed by atoms with van der Waals surface area (Å²) in [5.74, 6) is 1.12. The zero-order chi connectivity index (χ0) is 13.2. The molecule has 1 aromatic heterocycles. The molecule has 1 aliphatic rings. The molecule has 0 radical (unpaired) electrons. The van der Waals surface area contributed by atoms with Gasteiger partial charge in [0.05, 0.1) is 0 Å². The molecule has 0 bridgehead atoms. The molecule has 0 atom stereocenters. The lowest BCUT2D eigenvalue weighted by Gasteiger charge is -2.12. The molecule has 1 heterocycles. The summed E-state index contributed by atoms with van der Waals surface area (Å²) in [7, 11) is 0. The molecule has 3 heteroatoms. The number of aryl methyl sites for hydroxylation is 2. The second-order valence-corrected chi connectivity index (χ2v) is 5.34. The molecule has 1 aliphatic carbocycles. The molecule has 1 saturated carbocycles. The highest BCUT2D eigenvalue weighted by Crippen LogP contribution is 2.21. The molecular formula is C16H21N3. The number of nitrogens with zero attached hydrogens (tertiary/aromatic N) is 2. The SMILES string of the molecule is CCc1nccn1-c1cc(CNC2CC2)ccc1C. The van der Waals surface area contributed by atoms with Crippen molar-refractivity contribution in [1.82, 2.24) is 14.9 Å². The highest BCUT2D eigenvalue weighted by molar-refractivity contribution is 5.44. The maximum atomic E-state index is 4.41. The lowest BCUT2D eigenvalue weighted by Crippen LogP contribution is -2.15. The zero-order valence-electron chi connectivity index (χ0n) is 11.7. The van der Waals surface area contributed by atoms with E-state index in [1.165, 1.54) is 29.7 Å². The first-order valence-electron chi connectivity index (χ1n) is 7.13. The number of rotatable bonds is 5. The van der Waals surface area contributed by atoms with E-state index in [9.17, 15) is 0 Å². The van der Waals surface area contributed by atoms with Gasteiger partial charge in [0.25, 0.3) is 0 Å². The van der Waals surface area contributed by atoms with E-state index < -0.39 is 0 Å². The molecule has 0 saturated heterocycles. The molecule has 1 N–H and O–H groups in total. The van der Waals surface area contributed by atoms with E-state index in [2.05, 4.69) is 53.1 Å². The van der Waals surface area contributed by atoms with Gasteiger partial charge in [-0.3, -0.25) is 0 Å². The maximum Gasteiger partial charge on any atom is 0.112 e. The zero-order valence-corrected chi connectivity index (χ0v) is 11.7. The van der Waals surface area contributed by atoms with Gasteiger partial charge >= 0.3 is 0 Å². The molecule has 0 aliphatic heterocycles. The topological polar surface area (TPSA) is 29.9 Å². The third kappa shape index (κ3) is 2.71. The second kappa shape index (κ2) is 5.17. The summed E-state index contributed by atoms with van der Waals surface area (Å²) >= 11 is 0. The van der Waals surface area contributed by atoms with E-state index in [1.807, 2.05) is 6.20 Å². The van der Waals surface area contributed by atoms with Gasteiger partial charge in [0.15, 0.2) is 0 Å². The van der Waals surface area contributed by atoms with Crippen LogP contribution in [0.25, 0.3) is 5.69 Å². The second-order valence-electron chi connectivity index (χ2n) is 5.34. The predicted octanol–water partition coefficient (Wildman–Crippen LogP) is 3.00. The molecule has 100 valence electrons. The third-order valence-electron chi connectivity index (χ3n) is 3.74. The molecule has 0 amide bonds. The Morgan fingerprint density at radius 2 is 2.21 bits per heavy atom. The highest BCUT2D eigenvalue weighted by Gasteiger charge is 2.20. The predicted molar refractivity (Wildman–Crippen MR) is 77.5 cm³/mol. The standard InChI is InChI=1S/C16H21N3/c1-3-16-17-8-9-19(16)15-10-13(5-4-12(15)2)11-18-14-6-7-14/h4-5,8-10,14,18H,3,6-7,11H2,1-2H3. The van der Waals surface area contributed by atoms with Crippen LogP contribution in [-0.4, -0.2) is 15.6 Å². The van der Waals surface area contributed by atoms with Crippen LogP contribution in [0.5, 0.6) is 0 Å². The van der Waals surface area contributed by atoms with Crippen molar-refractivity contribution in [2.24, 2.45) is 0 Å². The Morgan fingerprint density at radius 1 is 1.37 bits per heavy atom. The van der Waals surface area contributed by atoms with Crippen LogP contribution in [0.3, 0.4) is 0 Å². The number of imidazole rings is 1. The van der Waals surface area contributed by atoms with E-state index in [-0.39, 0.29) is 0 Å². The van der Waals surface area contributed by atoms with Gasteiger partial charge in [-0.1, -0.05) is 19.1 Å². The molecule has 2 aromatic rings. The van der Waals surface area contributed by atoms with Crippen LogP contribution >= 0.6 is 0 Å². The van der Waals surface area contributed by atoms with Gasteiger partial charge in [-0.15, -0.1) is 0 Å². The summed E-state index contributed by atoms with van der Waals surface area (Å²) < 4.78 is 2.20. The van der Waals surface area contributed by atoms with Crippen molar-refractivity contribution in [1.29, 1.82) is 0 Å². The fourth-order valence-electron chi connectivity index (χ4n) is 2.39. The van der Waals surface area contributed by atoms with Gasteiger partial charge < -0.3 is 9.88 Å². The van der Waals surface area contributed by atoms with E-state index in [0.29, 0.717) is 0 Å². The van der Waals surface area contributed by atoms with Gasteiger partial charge in [-0.05, 0) is 37.0 Å². The minimum atomic E-state index is 0.754. The lowest BCUT2D eigenvalue weighted by molar-refractivity contribution is 0.687. The summed E-state index contributed by atoms with van der Waals surface area (Å²) in [6.45, 7) is 5.27. The average Bonchev–Trinajstić information content (AvgIpc) is 3.13. The average molecular weight is 255 g/mol. The fraction of sp³-hybridized carbons (Fsp3) is 0.438. The van der Waals surface area contributed by atoms with Gasteiger partial charge in [-0.2, -0.15) is 0 Å². The van der Waals surface area contributed by atoms with Crippen molar-refractivity contribution in [3.05, 3.63) is 47.5 Å². The number of nitrogens with one attached hydrogen (secondary N) is 1. The van der Waals surface area contributed by atoms with Crippen molar-refractivity contribution < 1.29 is 0 Å². The van der Waals surface area contributed by atoms with E-state index in [1.54, 1.807) is 0 Å². The Bertz CT molecular complexity index is 567. The Morgan fingerprint density at radius 3 is 2.95 bits per heavy atom. The molecule has 3 nitrogen and oxygen atoms in total. The number of hydrogen-bond acceptors (Lipinski definition) is 2. The van der Waals surface area contributed by atoms with Crippen LogP contribution in [0.15, 0.2) is 30.6 Å². The molecule has 1 aromatic carbocycles. The Kier molecular flexibility index (Phi) is 3.38. The molecular weight excluding hydrogens is 234 g/mol. The smallest absolute Gasteiger partial charge is 0.112 e. The molecule has 0 spiro atoms. The molecule has 3 rings (SSSR count). The summed E-state index contributed by atoms with van der Waals surface area (Å²) in [4.78, 5) is 4.41. The third-order valence-corrected chi connectivity index (χ3v) is 3.74. The largest absolute Gasteiger partial charge is 0.310 e. The van der Waals surface area contributed by atoms with E-state index in [4.69, 9.17) is 0 Å². The summed E-state index contributed by atoms with van der Waals surface area (Å²) in [6.07, 6.45) is 7.56. The Balaban J connectivity index is 1.88. The van der Waals surface area contributed by atoms with Gasteiger partial charge in [0.1, 0.15) is 5.82 Å². The normalized spacial score (nSPS) is 14.8. The van der Waals surface area contributed by atoms with Gasteiger partial charge in [0.2, 0.25) is 0 Å². The summed E-state index contributed by atoms with van der Waals surface area (Å²) in [6, 6.07) is 7.46. The number of aromatic nitrogens is 2. The molecule has 0 unspecified atom stereocenters. The first kappa shape index (κ1) is 12.4. The van der Waals surface area contributed by atoms with Crippen LogP contribution in [0.4, 0.5) is 0 Å². The number of benzene rings is 1. The lowest BCUT2D eigenvalue weighted by atomic mass is 10.1. The quantitative estimate of drug-likeness (QED) is 0.890. The van der Waals surface area contributed by atoms with Crippen molar-refractivity contribution in [2.75, 3.05) is 0 Å². The van der Waals surface area contributed by atoms with Crippen LogP contribution < -0.4 is 5.32 Å². The maximum absolute atomic E-state index is 4.41. The van der Waals surface area contributed by atoms with Crippen molar-refractivity contribution in [2.45, 2.75) is 45.7 Å². The molecule has 1 fully saturated rings. The monoisotopic (exact) mass is 255 g/mol. The fourth-order valence-corrected chi connectivity index (χ4v) is 2.39. The van der Waals surface area contributed by atoms with Crippen LogP contribution in [0, 0.1) is 6.92 Å². The van der Waals surface area contributed by atoms with Crippen molar-refractivity contribution in [3.8, 4) is 5.69 Å². The first-order chi connectivity index (χ1) is 9.28. The van der Waals surface area contributed by atoms with E-state index in [0.717, 1.165) is 24.8 Å². The van der Waals surface area contributed by atoms with Gasteiger partial charge in [-0.25, -0.2) is 4.98 Å². The summed E-state index contributed by atoms with van der Waals surface area (Å²) in [5, 5.41) is 3.57. The highest BCUT2D eigenvalue weighted by atomic mass is 15.1. The molecule has 19 heavy (non-hydrogen) atoms. The van der Waals surface area contributed by atoms with Crippen molar-refractivity contribution in [3.63, 3.8) is 0 Å². The Hall–Kier alpha value is -1.61.